The highest BCUT2D eigenvalue weighted by atomic mass is 16.3. The summed E-state index contributed by atoms with van der Waals surface area (Å²) in [6, 6.07) is 0. The number of ketones is 1. The molecule has 2 saturated carbocycles. The third-order valence-electron chi connectivity index (χ3n) is 8.11. The summed E-state index contributed by atoms with van der Waals surface area (Å²) in [5.74, 6) is 2.08. The lowest BCUT2D eigenvalue weighted by Gasteiger charge is -2.58. The maximum absolute atomic E-state index is 12.1. The van der Waals surface area contributed by atoms with Gasteiger partial charge in [0, 0.05) is 5.41 Å². The van der Waals surface area contributed by atoms with Crippen LogP contribution >= 0.6 is 0 Å². The molecule has 0 aliphatic heterocycles. The molecule has 6 atom stereocenters. The zero-order valence-electron chi connectivity index (χ0n) is 14.8. The summed E-state index contributed by atoms with van der Waals surface area (Å²) in [4.78, 5) is 12.1. The van der Waals surface area contributed by atoms with E-state index in [1.165, 1.54) is 12.0 Å². The Morgan fingerprint density at radius 1 is 1.17 bits per heavy atom. The fourth-order valence-corrected chi connectivity index (χ4v) is 6.83. The Bertz CT molecular complexity index is 601. The number of fused-ring (bicyclic) bond motifs is 5. The van der Waals surface area contributed by atoms with Crippen LogP contribution < -0.4 is 0 Å². The fraction of sp³-hybridized carbons (Fsp3) is 0.762. The molecular formula is C21H30O2. The minimum atomic E-state index is -0.179. The van der Waals surface area contributed by atoms with Crippen LogP contribution in [0, 0.1) is 28.6 Å². The van der Waals surface area contributed by atoms with Crippen molar-refractivity contribution in [3.8, 4) is 0 Å². The van der Waals surface area contributed by atoms with Gasteiger partial charge in [-0.2, -0.15) is 0 Å². The molecule has 0 heterocycles. The van der Waals surface area contributed by atoms with Gasteiger partial charge in [-0.25, -0.2) is 0 Å². The molecule has 0 aromatic heterocycles. The van der Waals surface area contributed by atoms with E-state index < -0.39 is 0 Å². The molecule has 0 unspecified atom stereocenters. The molecule has 23 heavy (non-hydrogen) atoms. The average molecular weight is 314 g/mol. The number of hydrogen-bond acceptors (Lipinski definition) is 2. The van der Waals surface area contributed by atoms with E-state index in [-0.39, 0.29) is 22.7 Å². The highest BCUT2D eigenvalue weighted by Crippen LogP contribution is 2.64. The molecule has 126 valence electrons. The van der Waals surface area contributed by atoms with Gasteiger partial charge in [0.25, 0.3) is 0 Å². The van der Waals surface area contributed by atoms with Gasteiger partial charge in [0.05, 0.1) is 6.10 Å². The Hall–Kier alpha value is -0.890. The van der Waals surface area contributed by atoms with E-state index in [1.807, 2.05) is 0 Å². The van der Waals surface area contributed by atoms with Crippen molar-refractivity contribution in [2.45, 2.75) is 71.8 Å². The van der Waals surface area contributed by atoms with Crippen molar-refractivity contribution in [3.63, 3.8) is 0 Å². The molecule has 0 saturated heterocycles. The van der Waals surface area contributed by atoms with Gasteiger partial charge in [0.2, 0.25) is 0 Å². The molecule has 2 nitrogen and oxygen atoms in total. The summed E-state index contributed by atoms with van der Waals surface area (Å²) < 4.78 is 0. The SMILES string of the molecule is CC(=O)C1=CC[C@H]2[C@@H]3CC=C4CCC[C@@H](O)[C@]4(C)[C@H]3CC[C@]12C. The van der Waals surface area contributed by atoms with Crippen LogP contribution in [0.2, 0.25) is 0 Å². The van der Waals surface area contributed by atoms with Crippen LogP contribution in [0.3, 0.4) is 0 Å². The third-order valence-corrected chi connectivity index (χ3v) is 8.11. The van der Waals surface area contributed by atoms with Crippen molar-refractivity contribution < 1.29 is 9.90 Å². The first kappa shape index (κ1) is 15.6. The number of hydrogen-bond donors (Lipinski definition) is 1. The normalized spacial score (nSPS) is 48.7. The van der Waals surface area contributed by atoms with Gasteiger partial charge < -0.3 is 5.11 Å². The van der Waals surface area contributed by atoms with E-state index in [0.29, 0.717) is 17.8 Å². The quantitative estimate of drug-likeness (QED) is 0.727. The van der Waals surface area contributed by atoms with Crippen molar-refractivity contribution in [3.05, 3.63) is 23.3 Å². The molecule has 0 aromatic rings. The van der Waals surface area contributed by atoms with E-state index in [4.69, 9.17) is 0 Å². The largest absolute Gasteiger partial charge is 0.392 e. The standard InChI is InChI=1S/C21H30O2/c1-13(22)16-9-10-17-15-8-7-14-5-4-6-19(23)21(14,3)18(15)11-12-20(16,17)2/h7,9,15,17-19,23H,4-6,8,10-12H2,1-3H3/t15-,17-,18-,19+,20+,21-/m0/s1. The molecular weight excluding hydrogens is 284 g/mol. The van der Waals surface area contributed by atoms with E-state index in [1.54, 1.807) is 6.92 Å². The van der Waals surface area contributed by atoms with E-state index in [9.17, 15) is 9.90 Å². The van der Waals surface area contributed by atoms with Gasteiger partial charge in [-0.15, -0.1) is 0 Å². The summed E-state index contributed by atoms with van der Waals surface area (Å²) in [5.41, 5.74) is 2.68. The maximum atomic E-state index is 12.1. The van der Waals surface area contributed by atoms with Gasteiger partial charge in [0.15, 0.2) is 5.78 Å². The van der Waals surface area contributed by atoms with Crippen LogP contribution in [0.5, 0.6) is 0 Å². The topological polar surface area (TPSA) is 37.3 Å². The summed E-state index contributed by atoms with van der Waals surface area (Å²) in [6.07, 6.45) is 12.3. The number of Topliss-reactive ketones (excluding diaryl/α,β-unsaturated/α-hetero) is 1. The first-order valence-corrected chi connectivity index (χ1v) is 9.48. The zero-order valence-corrected chi connectivity index (χ0v) is 14.8. The molecule has 0 aromatic carbocycles. The summed E-state index contributed by atoms with van der Waals surface area (Å²) in [7, 11) is 0. The Balaban J connectivity index is 1.71. The Morgan fingerprint density at radius 2 is 1.96 bits per heavy atom. The molecule has 0 radical (unpaired) electrons. The molecule has 0 bridgehead atoms. The minimum absolute atomic E-state index is 0.0124. The predicted octanol–water partition coefficient (Wildman–Crippen LogP) is 4.44. The number of carbonyl (C=O) groups is 1. The van der Waals surface area contributed by atoms with Gasteiger partial charge in [0.1, 0.15) is 0 Å². The van der Waals surface area contributed by atoms with E-state index in [0.717, 1.165) is 44.1 Å². The Labute approximate surface area is 140 Å². The van der Waals surface area contributed by atoms with Crippen LogP contribution in [-0.4, -0.2) is 17.0 Å². The molecule has 1 N–H and O–H groups in total. The lowest BCUT2D eigenvalue weighted by Crippen LogP contribution is -2.53. The number of carbonyl (C=O) groups excluding carboxylic acids is 1. The lowest BCUT2D eigenvalue weighted by molar-refractivity contribution is -0.116. The van der Waals surface area contributed by atoms with E-state index >= 15 is 0 Å². The van der Waals surface area contributed by atoms with Crippen molar-refractivity contribution in [1.82, 2.24) is 0 Å². The summed E-state index contributed by atoms with van der Waals surface area (Å²) >= 11 is 0. The first-order valence-electron chi connectivity index (χ1n) is 9.48. The van der Waals surface area contributed by atoms with Gasteiger partial charge >= 0.3 is 0 Å². The van der Waals surface area contributed by atoms with Gasteiger partial charge in [-0.3, -0.25) is 4.79 Å². The highest BCUT2D eigenvalue weighted by molar-refractivity contribution is 5.95. The Morgan fingerprint density at radius 3 is 2.70 bits per heavy atom. The summed E-state index contributed by atoms with van der Waals surface area (Å²) in [5, 5.41) is 10.8. The van der Waals surface area contributed by atoms with Crippen LogP contribution in [0.1, 0.15) is 65.7 Å². The molecule has 4 aliphatic rings. The van der Waals surface area contributed by atoms with Crippen molar-refractivity contribution >= 4 is 5.78 Å². The number of allylic oxidation sites excluding steroid dienone is 3. The second kappa shape index (κ2) is 5.05. The lowest BCUT2D eigenvalue weighted by atomic mass is 9.47. The molecule has 0 amide bonds. The molecule has 4 rings (SSSR count). The highest BCUT2D eigenvalue weighted by Gasteiger charge is 2.58. The number of aliphatic hydroxyl groups is 1. The van der Waals surface area contributed by atoms with Crippen LogP contribution in [-0.2, 0) is 4.79 Å². The second-order valence-electron chi connectivity index (χ2n) is 8.90. The molecule has 0 spiro atoms. The average Bonchev–Trinajstić information content (AvgIpc) is 2.86. The van der Waals surface area contributed by atoms with Crippen molar-refractivity contribution in [2.75, 3.05) is 0 Å². The first-order chi connectivity index (χ1) is 10.9. The third kappa shape index (κ3) is 1.94. The monoisotopic (exact) mass is 314 g/mol. The van der Waals surface area contributed by atoms with Crippen LogP contribution in [0.25, 0.3) is 0 Å². The van der Waals surface area contributed by atoms with Crippen molar-refractivity contribution in [2.24, 2.45) is 28.6 Å². The molecule has 2 heteroatoms. The number of rotatable bonds is 1. The fourth-order valence-electron chi connectivity index (χ4n) is 6.83. The Kier molecular flexibility index (Phi) is 3.43. The molecule has 2 fully saturated rings. The number of aliphatic hydroxyl groups excluding tert-OH is 1. The second-order valence-corrected chi connectivity index (χ2v) is 8.90. The van der Waals surface area contributed by atoms with E-state index in [2.05, 4.69) is 26.0 Å². The zero-order chi connectivity index (χ0) is 16.4. The maximum Gasteiger partial charge on any atom is 0.156 e. The van der Waals surface area contributed by atoms with Crippen LogP contribution in [0.4, 0.5) is 0 Å². The summed E-state index contributed by atoms with van der Waals surface area (Å²) in [6.45, 7) is 6.39. The van der Waals surface area contributed by atoms with Gasteiger partial charge in [-0.05, 0) is 80.6 Å². The molecule has 4 aliphatic carbocycles. The van der Waals surface area contributed by atoms with Crippen molar-refractivity contribution in [1.29, 1.82) is 0 Å². The van der Waals surface area contributed by atoms with Gasteiger partial charge in [-0.1, -0.05) is 31.6 Å². The minimum Gasteiger partial charge on any atom is -0.392 e. The van der Waals surface area contributed by atoms with Crippen LogP contribution in [0.15, 0.2) is 23.3 Å². The smallest absolute Gasteiger partial charge is 0.156 e. The predicted molar refractivity (Wildman–Crippen MR) is 91.9 cm³/mol.